The highest BCUT2D eigenvalue weighted by molar-refractivity contribution is 8.00. The van der Waals surface area contributed by atoms with Gasteiger partial charge in [-0.2, -0.15) is 0 Å². The molecule has 0 saturated heterocycles. The zero-order chi connectivity index (χ0) is 13.7. The van der Waals surface area contributed by atoms with Crippen molar-refractivity contribution in [2.45, 2.75) is 18.2 Å². The van der Waals surface area contributed by atoms with Gasteiger partial charge in [0.2, 0.25) is 0 Å². The Hall–Kier alpha value is -1.20. The summed E-state index contributed by atoms with van der Waals surface area (Å²) in [5.41, 5.74) is 1.15. The molecule has 0 fully saturated rings. The highest BCUT2D eigenvalue weighted by Crippen LogP contribution is 2.36. The maximum Gasteiger partial charge on any atom is 0.315 e. The lowest BCUT2D eigenvalue weighted by Crippen LogP contribution is -2.36. The molecule has 0 radical (unpaired) electrons. The van der Waals surface area contributed by atoms with Crippen molar-refractivity contribution < 1.29 is 14.3 Å². The largest absolute Gasteiger partial charge is 0.492 e. The molecule has 19 heavy (non-hydrogen) atoms. The fraction of sp³-hybridized carbons (Fsp3) is 0.500. The molecule has 104 valence electrons. The number of ether oxygens (including phenoxy) is 2. The predicted octanol–water partition coefficient (Wildman–Crippen LogP) is 2.00. The van der Waals surface area contributed by atoms with Gasteiger partial charge in [0, 0.05) is 5.56 Å². The first kappa shape index (κ1) is 14.2. The lowest BCUT2D eigenvalue weighted by molar-refractivity contribution is -0.139. The average molecular weight is 281 g/mol. The van der Waals surface area contributed by atoms with E-state index in [1.807, 2.05) is 32.2 Å². The molecule has 1 N–H and O–H groups in total. The molecule has 2 atom stereocenters. The third-order valence-electron chi connectivity index (χ3n) is 3.06. The van der Waals surface area contributed by atoms with Crippen molar-refractivity contribution in [2.75, 3.05) is 26.0 Å². The smallest absolute Gasteiger partial charge is 0.315 e. The van der Waals surface area contributed by atoms with Gasteiger partial charge in [0.25, 0.3) is 0 Å². The van der Waals surface area contributed by atoms with Gasteiger partial charge in [-0.1, -0.05) is 18.2 Å². The Morgan fingerprint density at radius 1 is 1.53 bits per heavy atom. The number of hydrogen-bond donors (Lipinski definition) is 1. The maximum absolute atomic E-state index is 11.4. The molecule has 1 aromatic carbocycles. The highest BCUT2D eigenvalue weighted by atomic mass is 32.2. The molecule has 0 aliphatic carbocycles. The molecule has 5 heteroatoms. The summed E-state index contributed by atoms with van der Waals surface area (Å²) < 4.78 is 10.7. The van der Waals surface area contributed by atoms with E-state index in [0.717, 1.165) is 11.3 Å². The first-order valence-corrected chi connectivity index (χ1v) is 7.47. The van der Waals surface area contributed by atoms with Gasteiger partial charge in [-0.25, -0.2) is 0 Å². The lowest BCUT2D eigenvalue weighted by atomic mass is 10.0. The second-order valence-electron chi connectivity index (χ2n) is 4.27. The van der Waals surface area contributed by atoms with Gasteiger partial charge in [-0.05, 0) is 20.0 Å². The fourth-order valence-corrected chi connectivity index (χ4v) is 3.27. The molecule has 1 aliphatic heterocycles. The lowest BCUT2D eigenvalue weighted by Gasteiger charge is -2.32. The first-order valence-electron chi connectivity index (χ1n) is 6.42. The standard InChI is InChI=1S/C14H19NO3S/c1-3-17-13(16)9-19-12-8-18-11-7-5-4-6-10(11)14(12)15-2/h4-7,12,14-15H,3,8-9H2,1-2H3. The van der Waals surface area contributed by atoms with Crippen LogP contribution in [0.15, 0.2) is 24.3 Å². The van der Waals surface area contributed by atoms with Crippen molar-refractivity contribution >= 4 is 17.7 Å². The summed E-state index contributed by atoms with van der Waals surface area (Å²) in [4.78, 5) is 11.4. The SMILES string of the molecule is CCOC(=O)CSC1COc2ccccc2C1NC. The van der Waals surface area contributed by atoms with Crippen LogP contribution >= 0.6 is 11.8 Å². The third-order valence-corrected chi connectivity index (χ3v) is 4.30. The van der Waals surface area contributed by atoms with E-state index in [0.29, 0.717) is 19.0 Å². The van der Waals surface area contributed by atoms with Crippen molar-refractivity contribution in [3.05, 3.63) is 29.8 Å². The Balaban J connectivity index is 2.01. The molecule has 1 heterocycles. The minimum Gasteiger partial charge on any atom is -0.492 e. The van der Waals surface area contributed by atoms with E-state index in [1.165, 1.54) is 0 Å². The summed E-state index contributed by atoms with van der Waals surface area (Å²) in [5.74, 6) is 1.12. The quantitative estimate of drug-likeness (QED) is 0.837. The van der Waals surface area contributed by atoms with Crippen molar-refractivity contribution in [1.29, 1.82) is 0 Å². The number of fused-ring (bicyclic) bond motifs is 1. The van der Waals surface area contributed by atoms with Crippen molar-refractivity contribution in [3.63, 3.8) is 0 Å². The second-order valence-corrected chi connectivity index (χ2v) is 5.50. The Bertz CT molecular complexity index is 438. The van der Waals surface area contributed by atoms with Gasteiger partial charge in [-0.15, -0.1) is 11.8 Å². The van der Waals surface area contributed by atoms with Gasteiger partial charge in [0.1, 0.15) is 12.4 Å². The van der Waals surface area contributed by atoms with Crippen LogP contribution in [0.3, 0.4) is 0 Å². The summed E-state index contributed by atoms with van der Waals surface area (Å²) in [5, 5.41) is 3.53. The van der Waals surface area contributed by atoms with E-state index >= 15 is 0 Å². The van der Waals surface area contributed by atoms with Crippen LogP contribution in [-0.4, -0.2) is 37.2 Å². The molecule has 0 saturated carbocycles. The number of hydrogen-bond acceptors (Lipinski definition) is 5. The Morgan fingerprint density at radius 3 is 3.05 bits per heavy atom. The van der Waals surface area contributed by atoms with E-state index in [4.69, 9.17) is 9.47 Å². The molecule has 0 bridgehead atoms. The predicted molar refractivity (Wildman–Crippen MR) is 76.6 cm³/mol. The summed E-state index contributed by atoms with van der Waals surface area (Å²) in [6.07, 6.45) is 0. The van der Waals surface area contributed by atoms with Gasteiger partial charge in [-0.3, -0.25) is 4.79 Å². The molecule has 0 amide bonds. The van der Waals surface area contributed by atoms with E-state index in [1.54, 1.807) is 11.8 Å². The van der Waals surface area contributed by atoms with Crippen LogP contribution in [-0.2, 0) is 9.53 Å². The van der Waals surface area contributed by atoms with Crippen LogP contribution < -0.4 is 10.1 Å². The fourth-order valence-electron chi connectivity index (χ4n) is 2.20. The van der Waals surface area contributed by atoms with Gasteiger partial charge >= 0.3 is 5.97 Å². The molecular weight excluding hydrogens is 262 g/mol. The third kappa shape index (κ3) is 3.42. The summed E-state index contributed by atoms with van der Waals surface area (Å²) in [7, 11) is 1.94. The zero-order valence-corrected chi connectivity index (χ0v) is 12.0. The minimum absolute atomic E-state index is 0.166. The number of rotatable bonds is 5. The van der Waals surface area contributed by atoms with Crippen molar-refractivity contribution in [2.24, 2.45) is 0 Å². The molecule has 4 nitrogen and oxygen atoms in total. The number of nitrogens with one attached hydrogen (secondary N) is 1. The molecule has 2 unspecified atom stereocenters. The van der Waals surface area contributed by atoms with Crippen molar-refractivity contribution in [1.82, 2.24) is 5.32 Å². The number of esters is 1. The van der Waals surface area contributed by atoms with Crippen molar-refractivity contribution in [3.8, 4) is 5.75 Å². The van der Waals surface area contributed by atoms with Gasteiger partial charge in [0.15, 0.2) is 0 Å². The second kappa shape index (κ2) is 6.82. The Labute approximate surface area is 117 Å². The van der Waals surface area contributed by atoms with Crippen LogP contribution in [0, 0.1) is 0 Å². The van der Waals surface area contributed by atoms with Crippen LogP contribution in [0.25, 0.3) is 0 Å². The topological polar surface area (TPSA) is 47.6 Å². The minimum atomic E-state index is -0.166. The number of benzene rings is 1. The average Bonchev–Trinajstić information content (AvgIpc) is 2.44. The maximum atomic E-state index is 11.4. The van der Waals surface area contributed by atoms with Gasteiger partial charge < -0.3 is 14.8 Å². The van der Waals surface area contributed by atoms with E-state index in [2.05, 4.69) is 11.4 Å². The van der Waals surface area contributed by atoms with E-state index in [-0.39, 0.29) is 17.3 Å². The van der Waals surface area contributed by atoms with Crippen LogP contribution in [0.4, 0.5) is 0 Å². The van der Waals surface area contributed by atoms with Gasteiger partial charge in [0.05, 0.1) is 23.7 Å². The number of thioether (sulfide) groups is 1. The summed E-state index contributed by atoms with van der Waals surface area (Å²) in [6, 6.07) is 8.21. The highest BCUT2D eigenvalue weighted by Gasteiger charge is 2.30. The van der Waals surface area contributed by atoms with Crippen LogP contribution in [0.2, 0.25) is 0 Å². The number of para-hydroxylation sites is 1. The monoisotopic (exact) mass is 281 g/mol. The molecule has 0 aromatic heterocycles. The molecule has 1 aromatic rings. The molecular formula is C14H19NO3S. The van der Waals surface area contributed by atoms with Crippen LogP contribution in [0.1, 0.15) is 18.5 Å². The Morgan fingerprint density at radius 2 is 2.32 bits per heavy atom. The summed E-state index contributed by atoms with van der Waals surface area (Å²) >= 11 is 1.58. The van der Waals surface area contributed by atoms with E-state index in [9.17, 15) is 4.79 Å². The van der Waals surface area contributed by atoms with Crippen LogP contribution in [0.5, 0.6) is 5.75 Å². The normalized spacial score (nSPS) is 21.4. The number of carbonyl (C=O) groups is 1. The summed E-state index contributed by atoms with van der Waals surface area (Å²) in [6.45, 7) is 2.85. The first-order chi connectivity index (χ1) is 9.26. The Kier molecular flexibility index (Phi) is 5.10. The zero-order valence-electron chi connectivity index (χ0n) is 11.2. The molecule has 1 aliphatic rings. The number of carbonyl (C=O) groups excluding carboxylic acids is 1. The van der Waals surface area contributed by atoms with E-state index < -0.39 is 0 Å². The molecule has 2 rings (SSSR count). The molecule has 0 spiro atoms.